The molecule has 0 amide bonds. The lowest BCUT2D eigenvalue weighted by atomic mass is 10.1. The number of carboxylic acid groups (broad SMARTS) is 1. The first kappa shape index (κ1) is 13.1. The zero-order valence-corrected chi connectivity index (χ0v) is 10.8. The molecule has 2 aromatic rings. The average Bonchev–Trinajstić information content (AvgIpc) is 2.85. The van der Waals surface area contributed by atoms with Crippen LogP contribution in [0.1, 0.15) is 23.9 Å². The van der Waals surface area contributed by atoms with Crippen molar-refractivity contribution in [1.82, 2.24) is 9.55 Å². The van der Waals surface area contributed by atoms with Crippen LogP contribution in [0, 0.1) is 0 Å². The van der Waals surface area contributed by atoms with Crippen LogP contribution in [-0.4, -0.2) is 20.6 Å². The number of aryl methyl sites for hydroxylation is 1. The minimum absolute atomic E-state index is 0.698. The molecule has 1 heterocycles. The number of hydrogen-bond donors (Lipinski definition) is 1. The highest BCUT2D eigenvalue weighted by Gasteiger charge is 2.04. The van der Waals surface area contributed by atoms with Crippen molar-refractivity contribution >= 4 is 12.0 Å². The molecular weight excluding hydrogens is 240 g/mol. The zero-order chi connectivity index (χ0) is 13.7. The first-order valence-electron chi connectivity index (χ1n) is 6.19. The Labute approximate surface area is 112 Å². The second-order valence-corrected chi connectivity index (χ2v) is 4.20. The first-order chi connectivity index (χ1) is 9.20. The lowest BCUT2D eigenvalue weighted by Crippen LogP contribution is -2.04. The molecule has 98 valence electrons. The fourth-order valence-corrected chi connectivity index (χ4v) is 1.98. The summed E-state index contributed by atoms with van der Waals surface area (Å²) < 4.78 is 2.08. The van der Waals surface area contributed by atoms with E-state index in [4.69, 9.17) is 5.11 Å². The maximum Gasteiger partial charge on any atom is 0.328 e. The van der Waals surface area contributed by atoms with Gasteiger partial charge in [-0.15, -0.1) is 0 Å². The molecule has 4 heteroatoms. The van der Waals surface area contributed by atoms with Crippen molar-refractivity contribution in [2.24, 2.45) is 0 Å². The van der Waals surface area contributed by atoms with Gasteiger partial charge in [-0.05, 0) is 17.2 Å². The van der Waals surface area contributed by atoms with Gasteiger partial charge in [-0.25, -0.2) is 9.78 Å². The molecule has 1 N–H and O–H groups in total. The number of benzene rings is 1. The SMILES string of the molecule is CCc1nccn1Cc1ccccc1/C=C/C(=O)O. The second-order valence-electron chi connectivity index (χ2n) is 4.20. The highest BCUT2D eigenvalue weighted by molar-refractivity contribution is 5.85. The molecule has 19 heavy (non-hydrogen) atoms. The predicted octanol–water partition coefficient (Wildman–Crippen LogP) is 2.59. The largest absolute Gasteiger partial charge is 0.478 e. The fourth-order valence-electron chi connectivity index (χ4n) is 1.98. The molecule has 0 saturated carbocycles. The molecule has 0 bridgehead atoms. The number of aromatic nitrogens is 2. The summed E-state index contributed by atoms with van der Waals surface area (Å²) in [5, 5.41) is 8.70. The van der Waals surface area contributed by atoms with E-state index in [-0.39, 0.29) is 0 Å². The van der Waals surface area contributed by atoms with Crippen molar-refractivity contribution in [2.45, 2.75) is 19.9 Å². The first-order valence-corrected chi connectivity index (χ1v) is 6.19. The van der Waals surface area contributed by atoms with Gasteiger partial charge >= 0.3 is 5.97 Å². The highest BCUT2D eigenvalue weighted by atomic mass is 16.4. The Hall–Kier alpha value is -2.36. The molecule has 0 radical (unpaired) electrons. The summed E-state index contributed by atoms with van der Waals surface area (Å²) in [6.07, 6.45) is 7.39. The topological polar surface area (TPSA) is 55.1 Å². The molecule has 0 spiro atoms. The van der Waals surface area contributed by atoms with Gasteiger partial charge in [-0.2, -0.15) is 0 Å². The number of aliphatic carboxylic acids is 1. The summed E-state index contributed by atoms with van der Waals surface area (Å²) in [5.41, 5.74) is 1.99. The number of hydrogen-bond acceptors (Lipinski definition) is 2. The summed E-state index contributed by atoms with van der Waals surface area (Å²) in [6, 6.07) is 7.77. The standard InChI is InChI=1S/C15H16N2O2/c1-2-14-16-9-10-17(14)11-13-6-4-3-5-12(13)7-8-15(18)19/h3-10H,2,11H2,1H3,(H,18,19)/b8-7+. The Bertz CT molecular complexity index is 600. The molecule has 0 aliphatic rings. The summed E-state index contributed by atoms with van der Waals surface area (Å²) in [5.74, 6) is 0.0868. The van der Waals surface area contributed by atoms with E-state index in [9.17, 15) is 4.79 Å². The Morgan fingerprint density at radius 1 is 1.42 bits per heavy atom. The lowest BCUT2D eigenvalue weighted by molar-refractivity contribution is -0.131. The van der Waals surface area contributed by atoms with Gasteiger partial charge in [-0.1, -0.05) is 31.2 Å². The third-order valence-corrected chi connectivity index (χ3v) is 2.92. The quantitative estimate of drug-likeness (QED) is 0.836. The zero-order valence-electron chi connectivity index (χ0n) is 10.8. The molecule has 0 aliphatic carbocycles. The smallest absolute Gasteiger partial charge is 0.328 e. The van der Waals surface area contributed by atoms with Crippen molar-refractivity contribution in [3.8, 4) is 0 Å². The number of rotatable bonds is 5. The second kappa shape index (κ2) is 6.00. The molecular formula is C15H16N2O2. The van der Waals surface area contributed by atoms with Gasteiger partial charge < -0.3 is 9.67 Å². The van der Waals surface area contributed by atoms with Gasteiger partial charge in [0.2, 0.25) is 0 Å². The fraction of sp³-hybridized carbons (Fsp3) is 0.200. The van der Waals surface area contributed by atoms with Crippen molar-refractivity contribution in [1.29, 1.82) is 0 Å². The molecule has 1 aromatic heterocycles. The van der Waals surface area contributed by atoms with Gasteiger partial charge in [-0.3, -0.25) is 0 Å². The van der Waals surface area contributed by atoms with E-state index in [2.05, 4.69) is 16.5 Å². The molecule has 2 rings (SSSR count). The van der Waals surface area contributed by atoms with Crippen LogP contribution in [0.25, 0.3) is 6.08 Å². The summed E-state index contributed by atoms with van der Waals surface area (Å²) in [4.78, 5) is 14.9. The molecule has 0 fully saturated rings. The van der Waals surface area contributed by atoms with E-state index in [0.29, 0.717) is 6.54 Å². The molecule has 4 nitrogen and oxygen atoms in total. The number of imidazole rings is 1. The number of nitrogens with zero attached hydrogens (tertiary/aromatic N) is 2. The molecule has 0 aliphatic heterocycles. The molecule has 0 unspecified atom stereocenters. The molecule has 0 saturated heterocycles. The number of carbonyl (C=O) groups is 1. The van der Waals surface area contributed by atoms with E-state index < -0.39 is 5.97 Å². The normalized spacial score (nSPS) is 11.0. The minimum Gasteiger partial charge on any atom is -0.478 e. The van der Waals surface area contributed by atoms with Crippen molar-refractivity contribution < 1.29 is 9.90 Å². The van der Waals surface area contributed by atoms with Crippen molar-refractivity contribution in [3.05, 3.63) is 59.7 Å². The van der Waals surface area contributed by atoms with E-state index in [1.807, 2.05) is 30.5 Å². The van der Waals surface area contributed by atoms with Gasteiger partial charge in [0.1, 0.15) is 5.82 Å². The van der Waals surface area contributed by atoms with Crippen LogP contribution in [-0.2, 0) is 17.8 Å². The van der Waals surface area contributed by atoms with Crippen LogP contribution in [0.15, 0.2) is 42.7 Å². The molecule has 0 atom stereocenters. The van der Waals surface area contributed by atoms with Crippen LogP contribution < -0.4 is 0 Å². The van der Waals surface area contributed by atoms with Crippen LogP contribution in [0.2, 0.25) is 0 Å². The summed E-state index contributed by atoms with van der Waals surface area (Å²) in [6.45, 7) is 2.76. The Kier molecular flexibility index (Phi) is 4.13. The average molecular weight is 256 g/mol. The monoisotopic (exact) mass is 256 g/mol. The molecule has 1 aromatic carbocycles. The van der Waals surface area contributed by atoms with E-state index in [0.717, 1.165) is 29.4 Å². The van der Waals surface area contributed by atoms with E-state index in [1.165, 1.54) is 0 Å². The maximum absolute atomic E-state index is 10.6. The lowest BCUT2D eigenvalue weighted by Gasteiger charge is -2.09. The third kappa shape index (κ3) is 3.31. The predicted molar refractivity (Wildman–Crippen MR) is 73.8 cm³/mol. The highest BCUT2D eigenvalue weighted by Crippen LogP contribution is 2.13. The third-order valence-electron chi connectivity index (χ3n) is 2.92. The summed E-state index contributed by atoms with van der Waals surface area (Å²) >= 11 is 0. The van der Waals surface area contributed by atoms with Crippen LogP contribution in [0.3, 0.4) is 0 Å². The maximum atomic E-state index is 10.6. The van der Waals surface area contributed by atoms with Gasteiger partial charge in [0, 0.05) is 31.4 Å². The van der Waals surface area contributed by atoms with Gasteiger partial charge in [0.05, 0.1) is 0 Å². The minimum atomic E-state index is -0.938. The van der Waals surface area contributed by atoms with Crippen LogP contribution in [0.4, 0.5) is 0 Å². The van der Waals surface area contributed by atoms with Gasteiger partial charge in [0.15, 0.2) is 0 Å². The van der Waals surface area contributed by atoms with Crippen molar-refractivity contribution in [2.75, 3.05) is 0 Å². The van der Waals surface area contributed by atoms with Crippen LogP contribution >= 0.6 is 0 Å². The van der Waals surface area contributed by atoms with E-state index >= 15 is 0 Å². The van der Waals surface area contributed by atoms with Crippen molar-refractivity contribution in [3.63, 3.8) is 0 Å². The number of carboxylic acids is 1. The Morgan fingerprint density at radius 2 is 2.21 bits per heavy atom. The Balaban J connectivity index is 2.27. The van der Waals surface area contributed by atoms with E-state index in [1.54, 1.807) is 12.3 Å². The van der Waals surface area contributed by atoms with Gasteiger partial charge in [0.25, 0.3) is 0 Å². The van der Waals surface area contributed by atoms with Crippen LogP contribution in [0.5, 0.6) is 0 Å². The Morgan fingerprint density at radius 3 is 2.95 bits per heavy atom. The summed E-state index contributed by atoms with van der Waals surface area (Å²) in [7, 11) is 0.